The van der Waals surface area contributed by atoms with Gasteiger partial charge in [0.2, 0.25) is 0 Å². The number of benzene rings is 2. The summed E-state index contributed by atoms with van der Waals surface area (Å²) in [7, 11) is 0. The highest BCUT2D eigenvalue weighted by Crippen LogP contribution is 2.48. The molecule has 0 N–H and O–H groups in total. The molecule has 0 spiro atoms. The van der Waals surface area contributed by atoms with Gasteiger partial charge >= 0.3 is 0 Å². The maximum atomic E-state index is 12.9. The molecule has 0 fully saturated rings. The van der Waals surface area contributed by atoms with Gasteiger partial charge in [-0.2, -0.15) is 0 Å². The number of nitrogens with zero attached hydrogens (tertiary/aromatic N) is 1. The lowest BCUT2D eigenvalue weighted by Gasteiger charge is -2.30. The molecule has 3 nitrogen and oxygen atoms in total. The number of hydrogen-bond donors (Lipinski definition) is 0. The van der Waals surface area contributed by atoms with Crippen molar-refractivity contribution in [2.45, 2.75) is 9.79 Å². The lowest BCUT2D eigenvalue weighted by Crippen LogP contribution is -2.28. The van der Waals surface area contributed by atoms with Crippen molar-refractivity contribution in [1.29, 1.82) is 0 Å². The summed E-state index contributed by atoms with van der Waals surface area (Å²) in [5.74, 6) is 0.134. The number of halogens is 1. The van der Waals surface area contributed by atoms with Crippen LogP contribution in [0.5, 0.6) is 0 Å². The van der Waals surface area contributed by atoms with E-state index in [0.29, 0.717) is 10.4 Å². The summed E-state index contributed by atoms with van der Waals surface area (Å²) < 4.78 is 5.99. The third-order valence-corrected chi connectivity index (χ3v) is 4.98. The Bertz CT molecular complexity index is 829. The van der Waals surface area contributed by atoms with Crippen molar-refractivity contribution < 1.29 is 9.21 Å². The number of furan rings is 1. The van der Waals surface area contributed by atoms with Gasteiger partial charge in [-0.3, -0.25) is 9.69 Å². The maximum absolute atomic E-state index is 12.9. The maximum Gasteiger partial charge on any atom is 0.298 e. The van der Waals surface area contributed by atoms with E-state index < -0.39 is 0 Å². The van der Waals surface area contributed by atoms with Crippen LogP contribution in [0.2, 0.25) is 0 Å². The fourth-order valence-electron chi connectivity index (χ4n) is 2.46. The number of carbonyl (C=O) groups is 1. The van der Waals surface area contributed by atoms with E-state index in [1.807, 2.05) is 48.5 Å². The van der Waals surface area contributed by atoms with Crippen LogP contribution < -0.4 is 4.90 Å². The summed E-state index contributed by atoms with van der Waals surface area (Å²) in [5, 5.41) is 0. The van der Waals surface area contributed by atoms with Crippen LogP contribution >= 0.6 is 27.7 Å². The van der Waals surface area contributed by atoms with Crippen LogP contribution in [0.1, 0.15) is 10.6 Å². The zero-order valence-corrected chi connectivity index (χ0v) is 13.7. The number of fused-ring (bicyclic) bond motifs is 2. The van der Waals surface area contributed by atoms with Crippen LogP contribution in [-0.2, 0) is 0 Å². The van der Waals surface area contributed by atoms with Crippen molar-refractivity contribution in [1.82, 2.24) is 0 Å². The Balaban J connectivity index is 1.89. The predicted molar refractivity (Wildman–Crippen MR) is 89.9 cm³/mol. The second-order valence-electron chi connectivity index (χ2n) is 4.78. The molecule has 0 saturated carbocycles. The van der Waals surface area contributed by atoms with Crippen molar-refractivity contribution >= 4 is 45.0 Å². The quantitative estimate of drug-likeness (QED) is 0.567. The molecule has 0 saturated heterocycles. The standard InChI is InChI=1S/C17H10BrNO2S/c18-16-10-9-13(21-16)17(20)19-11-5-1-3-7-14(11)22-15-8-4-2-6-12(15)19/h1-10H. The Hall–Kier alpha value is -1.98. The van der Waals surface area contributed by atoms with E-state index in [9.17, 15) is 4.79 Å². The van der Waals surface area contributed by atoms with Gasteiger partial charge in [-0.25, -0.2) is 0 Å². The zero-order chi connectivity index (χ0) is 15.1. The zero-order valence-electron chi connectivity index (χ0n) is 11.3. The van der Waals surface area contributed by atoms with Crippen molar-refractivity contribution in [3.05, 3.63) is 71.1 Å². The van der Waals surface area contributed by atoms with Crippen molar-refractivity contribution in [3.63, 3.8) is 0 Å². The number of carbonyl (C=O) groups excluding carboxylic acids is 1. The van der Waals surface area contributed by atoms with Crippen LogP contribution in [-0.4, -0.2) is 5.91 Å². The number of anilines is 2. The van der Waals surface area contributed by atoms with E-state index in [2.05, 4.69) is 15.9 Å². The first-order valence-corrected chi connectivity index (χ1v) is 8.31. The van der Waals surface area contributed by atoms with Gasteiger partial charge in [0.15, 0.2) is 10.4 Å². The molecule has 1 aromatic heterocycles. The van der Waals surface area contributed by atoms with E-state index in [1.165, 1.54) is 0 Å². The van der Waals surface area contributed by atoms with Gasteiger partial charge in [-0.1, -0.05) is 36.0 Å². The summed E-state index contributed by atoms with van der Waals surface area (Å²) in [4.78, 5) is 16.8. The first-order chi connectivity index (χ1) is 10.7. The highest BCUT2D eigenvalue weighted by atomic mass is 79.9. The lowest BCUT2D eigenvalue weighted by atomic mass is 10.2. The van der Waals surface area contributed by atoms with Gasteiger partial charge < -0.3 is 4.42 Å². The largest absolute Gasteiger partial charge is 0.444 e. The van der Waals surface area contributed by atoms with E-state index in [0.717, 1.165) is 21.2 Å². The van der Waals surface area contributed by atoms with Crippen LogP contribution in [0, 0.1) is 0 Å². The Morgan fingerprint density at radius 2 is 1.50 bits per heavy atom. The van der Waals surface area contributed by atoms with Crippen LogP contribution in [0.25, 0.3) is 0 Å². The molecule has 2 aromatic carbocycles. The summed E-state index contributed by atoms with van der Waals surface area (Å²) in [5.41, 5.74) is 1.76. The second kappa shape index (κ2) is 5.34. The molecule has 1 aliphatic rings. The smallest absolute Gasteiger partial charge is 0.298 e. The fraction of sp³-hybridized carbons (Fsp3) is 0. The van der Waals surface area contributed by atoms with Gasteiger partial charge in [0.1, 0.15) is 0 Å². The van der Waals surface area contributed by atoms with E-state index in [4.69, 9.17) is 4.42 Å². The minimum Gasteiger partial charge on any atom is -0.444 e. The molecule has 0 radical (unpaired) electrons. The highest BCUT2D eigenvalue weighted by Gasteiger charge is 2.30. The Kier molecular flexibility index (Phi) is 3.32. The normalized spacial score (nSPS) is 12.7. The van der Waals surface area contributed by atoms with Gasteiger partial charge in [0.25, 0.3) is 5.91 Å². The summed E-state index contributed by atoms with van der Waals surface area (Å²) in [6.45, 7) is 0. The number of amides is 1. The summed E-state index contributed by atoms with van der Waals surface area (Å²) >= 11 is 4.92. The minimum atomic E-state index is -0.175. The summed E-state index contributed by atoms with van der Waals surface area (Å²) in [6.07, 6.45) is 0. The fourth-order valence-corrected chi connectivity index (χ4v) is 3.83. The third kappa shape index (κ3) is 2.17. The van der Waals surface area contributed by atoms with E-state index in [-0.39, 0.29) is 5.91 Å². The molecule has 22 heavy (non-hydrogen) atoms. The minimum absolute atomic E-state index is 0.175. The SMILES string of the molecule is O=C(c1ccc(Br)o1)N1c2ccccc2Sc2ccccc21. The van der Waals surface area contributed by atoms with Gasteiger partial charge in [-0.15, -0.1) is 0 Å². The molecule has 3 aromatic rings. The molecule has 0 unspecified atom stereocenters. The van der Waals surface area contributed by atoms with E-state index >= 15 is 0 Å². The molecule has 0 aliphatic carbocycles. The summed E-state index contributed by atoms with van der Waals surface area (Å²) in [6, 6.07) is 19.2. The average molecular weight is 372 g/mol. The number of hydrogen-bond acceptors (Lipinski definition) is 3. The van der Waals surface area contributed by atoms with Gasteiger partial charge in [0, 0.05) is 9.79 Å². The first kappa shape index (κ1) is 13.7. The Labute approximate surface area is 140 Å². The molecular formula is C17H10BrNO2S. The Morgan fingerprint density at radius 1 is 0.909 bits per heavy atom. The molecule has 0 bridgehead atoms. The predicted octanol–water partition coefficient (Wildman–Crippen LogP) is 5.49. The topological polar surface area (TPSA) is 33.5 Å². The van der Waals surface area contributed by atoms with Crippen molar-refractivity contribution in [2.24, 2.45) is 0 Å². The second-order valence-corrected chi connectivity index (χ2v) is 6.65. The molecule has 1 aliphatic heterocycles. The molecule has 2 heterocycles. The van der Waals surface area contributed by atoms with Gasteiger partial charge in [0.05, 0.1) is 11.4 Å². The van der Waals surface area contributed by atoms with Gasteiger partial charge in [-0.05, 0) is 52.3 Å². The first-order valence-electron chi connectivity index (χ1n) is 6.70. The Morgan fingerprint density at radius 3 is 2.05 bits per heavy atom. The number of rotatable bonds is 1. The average Bonchev–Trinajstić information content (AvgIpc) is 2.98. The van der Waals surface area contributed by atoms with Crippen LogP contribution in [0.15, 0.2) is 79.5 Å². The molecule has 108 valence electrons. The monoisotopic (exact) mass is 371 g/mol. The van der Waals surface area contributed by atoms with Crippen LogP contribution in [0.4, 0.5) is 11.4 Å². The molecule has 0 atom stereocenters. The highest BCUT2D eigenvalue weighted by molar-refractivity contribution is 9.10. The third-order valence-electron chi connectivity index (χ3n) is 3.42. The molecule has 5 heteroatoms. The molecular weight excluding hydrogens is 362 g/mol. The van der Waals surface area contributed by atoms with Crippen molar-refractivity contribution in [3.8, 4) is 0 Å². The lowest BCUT2D eigenvalue weighted by molar-refractivity contribution is 0.0970. The number of para-hydroxylation sites is 2. The van der Waals surface area contributed by atoms with Crippen LogP contribution in [0.3, 0.4) is 0 Å². The molecule has 1 amide bonds. The van der Waals surface area contributed by atoms with E-state index in [1.54, 1.807) is 28.8 Å². The molecule has 4 rings (SSSR count). The van der Waals surface area contributed by atoms with Crippen molar-refractivity contribution in [2.75, 3.05) is 4.90 Å².